The lowest BCUT2D eigenvalue weighted by Gasteiger charge is -2.15. The van der Waals surface area contributed by atoms with Gasteiger partial charge in [-0.3, -0.25) is 61.6 Å². The Kier molecular flexibility index (Phi) is 22.5. The summed E-state index contributed by atoms with van der Waals surface area (Å²) >= 11 is 3.30. The van der Waals surface area contributed by atoms with E-state index in [1.807, 2.05) is 11.0 Å². The molecule has 2 rings (SSSR count). The molecule has 2 amide bonds. The topological polar surface area (TPSA) is 284 Å². The van der Waals surface area contributed by atoms with Crippen LogP contribution in [0.15, 0.2) is 20.0 Å². The number of aromatic amines is 2. The molecule has 50 heavy (non-hydrogen) atoms. The number of nitrogens with one attached hydrogen (secondary N) is 6. The van der Waals surface area contributed by atoms with Gasteiger partial charge in [0.1, 0.15) is 23.8 Å². The van der Waals surface area contributed by atoms with Crippen LogP contribution in [0.2, 0.25) is 0 Å². The predicted molar refractivity (Wildman–Crippen MR) is 196 cm³/mol. The molecule has 0 spiro atoms. The summed E-state index contributed by atoms with van der Waals surface area (Å²) in [6, 6.07) is -1.18. The third kappa shape index (κ3) is 19.8. The Balaban J connectivity index is 1.73. The van der Waals surface area contributed by atoms with Crippen LogP contribution in [0.4, 0.5) is 11.9 Å². The van der Waals surface area contributed by atoms with Crippen molar-refractivity contribution < 1.29 is 20.0 Å². The van der Waals surface area contributed by atoms with Crippen LogP contribution >= 0.6 is 23.5 Å². The number of hydrogen-bond donors (Lipinski definition) is 8. The molecule has 0 bridgehead atoms. The van der Waals surface area contributed by atoms with Crippen LogP contribution in [-0.2, 0) is 9.59 Å². The molecule has 2 aromatic heterocycles. The maximum Gasteiger partial charge on any atom is 0.269 e. The Morgan fingerprint density at radius 1 is 0.780 bits per heavy atom. The minimum atomic E-state index is -0.591. The number of aromatic nitrogens is 8. The van der Waals surface area contributed by atoms with Gasteiger partial charge < -0.3 is 4.90 Å². The van der Waals surface area contributed by atoms with E-state index in [9.17, 15) is 9.59 Å². The molecule has 23 heteroatoms. The average Bonchev–Trinajstić information content (AvgIpc) is 3.83. The van der Waals surface area contributed by atoms with E-state index in [2.05, 4.69) is 83.8 Å². The minimum absolute atomic E-state index is 0.0996. The summed E-state index contributed by atoms with van der Waals surface area (Å²) in [6.45, 7) is 6.16. The van der Waals surface area contributed by atoms with Crippen molar-refractivity contribution in [1.82, 2.24) is 57.1 Å². The van der Waals surface area contributed by atoms with Crippen LogP contribution in [0.5, 0.6) is 0 Å². The number of anilines is 2. The zero-order chi connectivity index (χ0) is 36.2. The SMILES string of the molecule is CC(=NCCSCCC(N=CCCCN(C)CCCC=NC(CCSCCN=C(C)NO)C(=O)Nc1nn[nH]n1)C(=O)Nc1nn[nH]n1)NO. The maximum atomic E-state index is 12.8. The summed E-state index contributed by atoms with van der Waals surface area (Å²) in [4.78, 5) is 45.2. The second kappa shape index (κ2) is 26.8. The van der Waals surface area contributed by atoms with Crippen LogP contribution in [0.25, 0.3) is 0 Å². The van der Waals surface area contributed by atoms with Crippen molar-refractivity contribution in [2.75, 3.05) is 66.9 Å². The molecule has 2 atom stereocenters. The fourth-order valence-electron chi connectivity index (χ4n) is 4.00. The van der Waals surface area contributed by atoms with E-state index in [1.54, 1.807) is 49.8 Å². The van der Waals surface area contributed by atoms with Gasteiger partial charge in [0.05, 0.1) is 13.1 Å². The first-order valence-electron chi connectivity index (χ1n) is 16.1. The summed E-state index contributed by atoms with van der Waals surface area (Å²) in [7, 11) is 2.05. The van der Waals surface area contributed by atoms with Crippen molar-refractivity contribution in [1.29, 1.82) is 0 Å². The molecule has 21 nitrogen and oxygen atoms in total. The highest BCUT2D eigenvalue weighted by atomic mass is 32.2. The predicted octanol–water partition coefficient (Wildman–Crippen LogP) is 0.702. The van der Waals surface area contributed by atoms with Gasteiger partial charge in [0.15, 0.2) is 0 Å². The number of H-pyrrole nitrogens is 2. The van der Waals surface area contributed by atoms with E-state index >= 15 is 0 Å². The first-order valence-corrected chi connectivity index (χ1v) is 18.4. The molecule has 2 heterocycles. The molecular weight excluding hydrogens is 691 g/mol. The van der Waals surface area contributed by atoms with Gasteiger partial charge in [-0.1, -0.05) is 10.2 Å². The quantitative estimate of drug-likeness (QED) is 0.0285. The number of rotatable bonds is 26. The Labute approximate surface area is 299 Å². The number of unbranched alkanes of at least 4 members (excludes halogenated alkanes) is 2. The number of hydrogen-bond acceptors (Lipinski definition) is 17. The van der Waals surface area contributed by atoms with E-state index in [-0.39, 0.29) is 23.7 Å². The molecule has 0 saturated heterocycles. The molecule has 8 N–H and O–H groups in total. The van der Waals surface area contributed by atoms with Crippen molar-refractivity contribution >= 4 is 71.3 Å². The number of thioether (sulfide) groups is 2. The molecule has 0 radical (unpaired) electrons. The Morgan fingerprint density at radius 3 is 1.60 bits per heavy atom. The van der Waals surface area contributed by atoms with Crippen molar-refractivity contribution in [3.8, 4) is 0 Å². The number of aliphatic imine (C=N–C) groups is 4. The first-order chi connectivity index (χ1) is 24.3. The molecule has 2 unspecified atom stereocenters. The van der Waals surface area contributed by atoms with Crippen molar-refractivity contribution in [3.63, 3.8) is 0 Å². The number of carbonyl (C=O) groups is 2. The average molecular weight is 740 g/mol. The first kappa shape index (κ1) is 42.1. The zero-order valence-corrected chi connectivity index (χ0v) is 30.3. The summed E-state index contributed by atoms with van der Waals surface area (Å²) in [5, 5.41) is 49.5. The Bertz CT molecular complexity index is 1210. The van der Waals surface area contributed by atoms with E-state index in [0.717, 1.165) is 37.4 Å². The molecular formula is C27H49N17O4S2. The molecule has 2 aromatic rings. The fraction of sp³-hybridized carbons (Fsp3) is 0.704. The van der Waals surface area contributed by atoms with Crippen LogP contribution in [0.3, 0.4) is 0 Å². The number of carbonyl (C=O) groups excluding carboxylic acids is 2. The molecule has 0 aliphatic heterocycles. The highest BCUT2D eigenvalue weighted by Gasteiger charge is 2.19. The lowest BCUT2D eigenvalue weighted by atomic mass is 10.2. The van der Waals surface area contributed by atoms with Gasteiger partial charge in [0.2, 0.25) is 0 Å². The molecule has 0 aromatic carbocycles. The van der Waals surface area contributed by atoms with Gasteiger partial charge in [-0.15, -0.1) is 10.2 Å². The summed E-state index contributed by atoms with van der Waals surface area (Å²) < 4.78 is 0. The molecule has 0 saturated carbocycles. The third-order valence-electron chi connectivity index (χ3n) is 6.65. The minimum Gasteiger partial charge on any atom is -0.306 e. The summed E-state index contributed by atoms with van der Waals surface area (Å²) in [6.07, 6.45) is 7.83. The maximum absolute atomic E-state index is 12.8. The number of amidine groups is 2. The molecule has 0 fully saturated rings. The number of hydroxylamine groups is 2. The fourth-order valence-corrected chi connectivity index (χ4v) is 5.63. The smallest absolute Gasteiger partial charge is 0.269 e. The highest BCUT2D eigenvalue weighted by Crippen LogP contribution is 2.11. The number of amides is 2. The van der Waals surface area contributed by atoms with Crippen LogP contribution in [0.1, 0.15) is 52.4 Å². The van der Waals surface area contributed by atoms with Gasteiger partial charge in [-0.05, 0) is 107 Å². The van der Waals surface area contributed by atoms with E-state index < -0.39 is 12.1 Å². The van der Waals surface area contributed by atoms with Crippen LogP contribution in [-0.4, -0.2) is 161 Å². The monoisotopic (exact) mass is 739 g/mol. The molecule has 0 aliphatic rings. The van der Waals surface area contributed by atoms with Gasteiger partial charge in [-0.2, -0.15) is 34.0 Å². The Hall–Kier alpha value is -4.06. The second-order valence-corrected chi connectivity index (χ2v) is 13.1. The van der Waals surface area contributed by atoms with Gasteiger partial charge in [-0.25, -0.2) is 0 Å². The molecule has 0 aliphatic carbocycles. The van der Waals surface area contributed by atoms with Crippen molar-refractivity contribution in [3.05, 3.63) is 0 Å². The lowest BCUT2D eigenvalue weighted by Crippen LogP contribution is -2.28. The standard InChI is InChI=1S/C27H49N17O4S2/c1-20(38-47)28-12-18-49-16-8-22(24(45)32-26-34-40-41-35-26)30-10-4-6-14-44(3)15-7-5-11-31-23(25(46)33-27-36-42-43-37-27)9-17-50-19-13-29-21(2)39-48/h10-11,22-23,47-48H,4-9,12-19H2,1-3H3,(H,28,38)(H,29,39)(H2,32,34,35,40,41,45)(H2,33,36,37,42,43,46). The largest absolute Gasteiger partial charge is 0.306 e. The third-order valence-corrected chi connectivity index (χ3v) is 8.64. The van der Waals surface area contributed by atoms with Crippen LogP contribution < -0.4 is 21.6 Å². The lowest BCUT2D eigenvalue weighted by molar-refractivity contribution is -0.118. The highest BCUT2D eigenvalue weighted by molar-refractivity contribution is 7.99. The second-order valence-electron chi connectivity index (χ2n) is 10.7. The summed E-state index contributed by atoms with van der Waals surface area (Å²) in [5.41, 5.74) is 4.01. The van der Waals surface area contributed by atoms with Crippen molar-refractivity contribution in [2.24, 2.45) is 20.0 Å². The van der Waals surface area contributed by atoms with E-state index in [1.165, 1.54) is 0 Å². The van der Waals surface area contributed by atoms with Crippen molar-refractivity contribution in [2.45, 2.75) is 64.5 Å². The van der Waals surface area contributed by atoms with Gasteiger partial charge in [0.25, 0.3) is 23.7 Å². The van der Waals surface area contributed by atoms with Gasteiger partial charge in [0, 0.05) is 11.5 Å². The normalized spacial score (nSPS) is 13.6. The van der Waals surface area contributed by atoms with E-state index in [4.69, 9.17) is 10.4 Å². The molecule has 278 valence electrons. The van der Waals surface area contributed by atoms with Crippen LogP contribution in [0, 0.1) is 0 Å². The van der Waals surface area contributed by atoms with Gasteiger partial charge >= 0.3 is 0 Å². The Morgan fingerprint density at radius 2 is 1.22 bits per heavy atom. The van der Waals surface area contributed by atoms with E-state index in [0.29, 0.717) is 61.9 Å². The zero-order valence-electron chi connectivity index (χ0n) is 28.7. The summed E-state index contributed by atoms with van der Waals surface area (Å²) in [5.74, 6) is 3.41. The number of nitrogens with zero attached hydrogens (tertiary/aromatic N) is 11. The number of tetrazole rings is 2.